The van der Waals surface area contributed by atoms with Gasteiger partial charge in [-0.1, -0.05) is 48.5 Å². The van der Waals surface area contributed by atoms with Gasteiger partial charge in [-0.15, -0.1) is 0 Å². The summed E-state index contributed by atoms with van der Waals surface area (Å²) in [7, 11) is 4.96. The summed E-state index contributed by atoms with van der Waals surface area (Å²) >= 11 is 0. The highest BCUT2D eigenvalue weighted by molar-refractivity contribution is 6.41. The summed E-state index contributed by atoms with van der Waals surface area (Å²) in [4.78, 5) is 30.0. The average Bonchev–Trinajstić information content (AvgIpc) is 2.82. The van der Waals surface area contributed by atoms with Crippen molar-refractivity contribution in [1.82, 2.24) is 4.90 Å². The van der Waals surface area contributed by atoms with Crippen LogP contribution in [0.15, 0.2) is 79.0 Å². The normalized spacial score (nSPS) is 14.3. The van der Waals surface area contributed by atoms with Crippen molar-refractivity contribution in [3.05, 3.63) is 95.7 Å². The molecule has 3 aromatic carbocycles. The van der Waals surface area contributed by atoms with Crippen LogP contribution >= 0.6 is 0 Å². The molecule has 32 heavy (non-hydrogen) atoms. The quantitative estimate of drug-likeness (QED) is 0.431. The largest absolute Gasteiger partial charge is 0.493 e. The number of rotatable bonds is 6. The number of benzene rings is 3. The van der Waals surface area contributed by atoms with E-state index in [-0.39, 0.29) is 11.8 Å². The van der Waals surface area contributed by atoms with Crippen LogP contribution in [0.2, 0.25) is 0 Å². The minimum Gasteiger partial charge on any atom is -0.493 e. The van der Waals surface area contributed by atoms with E-state index in [1.807, 2.05) is 48.3 Å². The second kappa shape index (κ2) is 8.98. The van der Waals surface area contributed by atoms with Gasteiger partial charge in [-0.2, -0.15) is 0 Å². The van der Waals surface area contributed by atoms with E-state index in [1.54, 1.807) is 42.6 Å². The number of ether oxygens (including phenoxy) is 2. The molecule has 3 aromatic rings. The molecule has 0 fully saturated rings. The van der Waals surface area contributed by atoms with E-state index in [0.717, 1.165) is 5.56 Å². The summed E-state index contributed by atoms with van der Waals surface area (Å²) in [5.41, 5.74) is 3.09. The topological polar surface area (TPSA) is 59.1 Å². The number of anilines is 1. The van der Waals surface area contributed by atoms with Crippen LogP contribution < -0.4 is 14.4 Å². The Morgan fingerprint density at radius 2 is 1.47 bits per heavy atom. The van der Waals surface area contributed by atoms with Gasteiger partial charge in [0.05, 0.1) is 25.5 Å². The lowest BCUT2D eigenvalue weighted by Crippen LogP contribution is -2.42. The van der Waals surface area contributed by atoms with Crippen LogP contribution in [0.1, 0.15) is 21.5 Å². The third-order valence-corrected chi connectivity index (χ3v) is 5.33. The highest BCUT2D eigenvalue weighted by Gasteiger charge is 2.36. The van der Waals surface area contributed by atoms with Crippen molar-refractivity contribution in [1.29, 1.82) is 0 Å². The van der Waals surface area contributed by atoms with Gasteiger partial charge in [0.15, 0.2) is 11.5 Å². The highest BCUT2D eigenvalue weighted by Crippen LogP contribution is 2.36. The molecule has 0 saturated carbocycles. The van der Waals surface area contributed by atoms with Gasteiger partial charge in [0.1, 0.15) is 0 Å². The number of methoxy groups -OCH3 is 2. The molecule has 1 heterocycles. The molecule has 1 aliphatic rings. The first-order valence-electron chi connectivity index (χ1n) is 10.2. The average molecular weight is 428 g/mol. The van der Waals surface area contributed by atoms with Crippen molar-refractivity contribution in [2.75, 3.05) is 26.2 Å². The number of hydrogen-bond donors (Lipinski definition) is 0. The lowest BCUT2D eigenvalue weighted by molar-refractivity contribution is -0.112. The predicted molar refractivity (Wildman–Crippen MR) is 124 cm³/mol. The zero-order chi connectivity index (χ0) is 22.7. The summed E-state index contributed by atoms with van der Waals surface area (Å²) in [5.74, 6) is 0.199. The predicted octanol–water partition coefficient (Wildman–Crippen LogP) is 4.36. The molecule has 0 bridgehead atoms. The van der Waals surface area contributed by atoms with Gasteiger partial charge in [-0.25, -0.2) is 4.90 Å². The zero-order valence-corrected chi connectivity index (χ0v) is 18.2. The minimum atomic E-state index is -0.388. The minimum absolute atomic E-state index is 0.374. The first-order chi connectivity index (χ1) is 15.5. The van der Waals surface area contributed by atoms with Gasteiger partial charge >= 0.3 is 0 Å². The van der Waals surface area contributed by atoms with E-state index < -0.39 is 0 Å². The number of hydrogen-bond acceptors (Lipinski definition) is 5. The van der Waals surface area contributed by atoms with Crippen LogP contribution in [0.25, 0.3) is 5.57 Å². The van der Waals surface area contributed by atoms with E-state index in [4.69, 9.17) is 9.47 Å². The second-order valence-electron chi connectivity index (χ2n) is 7.47. The fourth-order valence-corrected chi connectivity index (χ4v) is 3.81. The number of carbonyl (C=O) groups is 2. The highest BCUT2D eigenvalue weighted by atomic mass is 16.5. The van der Waals surface area contributed by atoms with Crippen LogP contribution in [0.3, 0.4) is 0 Å². The van der Waals surface area contributed by atoms with E-state index in [0.29, 0.717) is 40.4 Å². The Kier molecular flexibility index (Phi) is 5.94. The van der Waals surface area contributed by atoms with Crippen molar-refractivity contribution in [2.45, 2.75) is 6.54 Å². The monoisotopic (exact) mass is 428 g/mol. The molecule has 0 N–H and O–H groups in total. The maximum absolute atomic E-state index is 13.6. The summed E-state index contributed by atoms with van der Waals surface area (Å²) in [6, 6.07) is 22.2. The third-order valence-electron chi connectivity index (χ3n) is 5.33. The molecule has 0 saturated heterocycles. The lowest BCUT2D eigenvalue weighted by Gasteiger charge is -2.30. The Hall–Kier alpha value is -4.06. The molecule has 0 aromatic heterocycles. The Labute approximate surface area is 187 Å². The fraction of sp³-hybridized carbons (Fsp3) is 0.154. The first-order valence-corrected chi connectivity index (χ1v) is 10.2. The molecule has 6 nitrogen and oxygen atoms in total. The molecule has 4 rings (SSSR count). The third kappa shape index (κ3) is 3.95. The van der Waals surface area contributed by atoms with Gasteiger partial charge < -0.3 is 14.4 Å². The Morgan fingerprint density at radius 1 is 0.812 bits per heavy atom. The molecule has 0 spiro atoms. The van der Waals surface area contributed by atoms with Gasteiger partial charge in [0, 0.05) is 37.0 Å². The Bertz CT molecular complexity index is 1190. The van der Waals surface area contributed by atoms with Crippen molar-refractivity contribution in [2.24, 2.45) is 0 Å². The fourth-order valence-electron chi connectivity index (χ4n) is 3.81. The molecule has 0 aliphatic carbocycles. The van der Waals surface area contributed by atoms with Crippen LogP contribution in [0.4, 0.5) is 5.69 Å². The maximum atomic E-state index is 13.6. The van der Waals surface area contributed by atoms with Crippen LogP contribution in [0, 0.1) is 0 Å². The molecule has 162 valence electrons. The van der Waals surface area contributed by atoms with Crippen LogP contribution in [-0.4, -0.2) is 38.0 Å². The number of amides is 2. The molecule has 0 unspecified atom stereocenters. The molecule has 6 heteroatoms. The number of fused-ring (bicyclic) bond motifs is 1. The van der Waals surface area contributed by atoms with E-state index in [2.05, 4.69) is 0 Å². The Balaban J connectivity index is 1.77. The smallest absolute Gasteiger partial charge is 0.267 e. The van der Waals surface area contributed by atoms with Gasteiger partial charge in [-0.05, 0) is 23.8 Å². The van der Waals surface area contributed by atoms with Gasteiger partial charge in [0.2, 0.25) is 0 Å². The second-order valence-corrected chi connectivity index (χ2v) is 7.47. The maximum Gasteiger partial charge on any atom is 0.267 e. The van der Waals surface area contributed by atoms with Crippen molar-refractivity contribution in [3.8, 4) is 11.5 Å². The van der Waals surface area contributed by atoms with E-state index in [9.17, 15) is 9.59 Å². The zero-order valence-electron chi connectivity index (χ0n) is 18.2. The number of carbonyl (C=O) groups excluding carboxylic acids is 2. The van der Waals surface area contributed by atoms with Gasteiger partial charge in [0.25, 0.3) is 11.8 Å². The molecular weight excluding hydrogens is 404 g/mol. The van der Waals surface area contributed by atoms with Crippen LogP contribution in [0.5, 0.6) is 11.5 Å². The van der Waals surface area contributed by atoms with Crippen molar-refractivity contribution in [3.63, 3.8) is 0 Å². The van der Waals surface area contributed by atoms with E-state index >= 15 is 0 Å². The molecular formula is C26H24N2O4. The standard InChI is InChI=1S/C26H24N2O4/c1-27(16-18-9-5-4-6-10-18)17-22-20-11-7-8-12-21(20)25(29)28(26(22)30)19-13-14-23(31-2)24(15-19)32-3/h4-15,17H,16H2,1-3H3/b22-17-. The summed E-state index contributed by atoms with van der Waals surface area (Å²) in [6.45, 7) is 0.629. The molecule has 1 aliphatic heterocycles. The first kappa shape index (κ1) is 21.2. The van der Waals surface area contributed by atoms with Crippen LogP contribution in [-0.2, 0) is 11.3 Å². The van der Waals surface area contributed by atoms with Crippen molar-refractivity contribution < 1.29 is 19.1 Å². The van der Waals surface area contributed by atoms with E-state index in [1.165, 1.54) is 19.1 Å². The molecule has 0 radical (unpaired) electrons. The van der Waals surface area contributed by atoms with Gasteiger partial charge in [-0.3, -0.25) is 9.59 Å². The Morgan fingerprint density at radius 3 is 2.16 bits per heavy atom. The molecule has 0 atom stereocenters. The summed E-state index contributed by atoms with van der Waals surface area (Å²) in [5, 5.41) is 0. The SMILES string of the molecule is COc1ccc(N2C(=O)/C(=C\N(C)Cc3ccccc3)c3ccccc3C2=O)cc1OC. The lowest BCUT2D eigenvalue weighted by atomic mass is 9.93. The molecule has 2 amide bonds. The van der Waals surface area contributed by atoms with Crippen molar-refractivity contribution >= 4 is 23.1 Å². The summed E-state index contributed by atoms with van der Waals surface area (Å²) < 4.78 is 10.7. The summed E-state index contributed by atoms with van der Waals surface area (Å²) in [6.07, 6.45) is 1.80. The number of imide groups is 1. The number of nitrogens with zero attached hydrogens (tertiary/aromatic N) is 2.